The number of nitrogens with zero attached hydrogens (tertiary/aromatic N) is 2. The van der Waals surface area contributed by atoms with E-state index in [4.69, 9.17) is 9.47 Å². The molecular weight excluding hydrogens is 403 g/mol. The molecule has 1 saturated heterocycles. The summed E-state index contributed by atoms with van der Waals surface area (Å²) in [4.78, 5) is 28.3. The number of methoxy groups -OCH3 is 2. The molecule has 1 fully saturated rings. The van der Waals surface area contributed by atoms with Crippen molar-refractivity contribution in [2.45, 2.75) is 13.0 Å². The van der Waals surface area contributed by atoms with Crippen LogP contribution in [-0.2, 0) is 16.1 Å². The van der Waals surface area contributed by atoms with Crippen molar-refractivity contribution >= 4 is 11.9 Å². The van der Waals surface area contributed by atoms with E-state index in [-0.39, 0.29) is 18.3 Å². The number of hydrogen-bond donors (Lipinski definition) is 0. The molecule has 1 heterocycles. The second-order valence-electron chi connectivity index (χ2n) is 7.24. The standard InChI is InChI=1S/C23H27FN2O5/c1-29-21-14-17(8-9-20(21)31-16-22(27)30-2)23(28)26-11-5-10-25(12-13-26)15-18-6-3-4-7-19(18)24/h3-4,6-9,14H,5,10-13,15-16H2,1-2H3. The molecule has 166 valence electrons. The zero-order valence-electron chi connectivity index (χ0n) is 17.8. The van der Waals surface area contributed by atoms with Crippen LogP contribution in [0.15, 0.2) is 42.5 Å². The number of amides is 1. The fourth-order valence-corrected chi connectivity index (χ4v) is 3.50. The molecule has 0 spiro atoms. The molecule has 1 amide bonds. The van der Waals surface area contributed by atoms with Gasteiger partial charge in [0, 0.05) is 43.9 Å². The maximum absolute atomic E-state index is 14.0. The Kier molecular flexibility index (Phi) is 7.83. The Morgan fingerprint density at radius 1 is 1.00 bits per heavy atom. The molecule has 7 nitrogen and oxygen atoms in total. The highest BCUT2D eigenvalue weighted by atomic mass is 19.1. The van der Waals surface area contributed by atoms with Crippen molar-refractivity contribution < 1.29 is 28.2 Å². The molecule has 0 radical (unpaired) electrons. The molecule has 1 aliphatic rings. The molecule has 0 bridgehead atoms. The van der Waals surface area contributed by atoms with Crippen LogP contribution in [0.2, 0.25) is 0 Å². The third kappa shape index (κ3) is 5.95. The average Bonchev–Trinajstić information content (AvgIpc) is 3.04. The van der Waals surface area contributed by atoms with E-state index in [1.54, 1.807) is 35.2 Å². The van der Waals surface area contributed by atoms with E-state index in [0.29, 0.717) is 48.8 Å². The van der Waals surface area contributed by atoms with Crippen molar-refractivity contribution in [1.82, 2.24) is 9.80 Å². The van der Waals surface area contributed by atoms with E-state index in [1.807, 2.05) is 6.07 Å². The second-order valence-corrected chi connectivity index (χ2v) is 7.24. The summed E-state index contributed by atoms with van der Waals surface area (Å²) in [6.07, 6.45) is 0.803. The molecule has 0 aliphatic carbocycles. The van der Waals surface area contributed by atoms with E-state index >= 15 is 0 Å². The molecule has 0 aromatic heterocycles. The number of esters is 1. The van der Waals surface area contributed by atoms with Crippen molar-refractivity contribution in [2.75, 3.05) is 47.0 Å². The minimum atomic E-state index is -0.508. The summed E-state index contributed by atoms with van der Waals surface area (Å²) in [7, 11) is 2.75. The maximum atomic E-state index is 14.0. The molecule has 2 aromatic rings. The van der Waals surface area contributed by atoms with Crippen LogP contribution in [0.4, 0.5) is 4.39 Å². The number of benzene rings is 2. The molecule has 0 unspecified atom stereocenters. The summed E-state index contributed by atoms with van der Waals surface area (Å²) in [6.45, 7) is 2.91. The number of rotatable bonds is 7. The monoisotopic (exact) mass is 430 g/mol. The van der Waals surface area contributed by atoms with Gasteiger partial charge in [-0.05, 0) is 30.7 Å². The normalized spacial score (nSPS) is 14.6. The first-order chi connectivity index (χ1) is 15.0. The van der Waals surface area contributed by atoms with Crippen LogP contribution in [-0.4, -0.2) is 68.7 Å². The number of halogens is 1. The summed E-state index contributed by atoms with van der Waals surface area (Å²) in [6, 6.07) is 11.6. The van der Waals surface area contributed by atoms with Crippen LogP contribution in [0.5, 0.6) is 11.5 Å². The van der Waals surface area contributed by atoms with Crippen molar-refractivity contribution in [2.24, 2.45) is 0 Å². The highest BCUT2D eigenvalue weighted by Gasteiger charge is 2.22. The van der Waals surface area contributed by atoms with Gasteiger partial charge in [-0.1, -0.05) is 18.2 Å². The summed E-state index contributed by atoms with van der Waals surface area (Å²) in [5.74, 6) is -0.0966. The van der Waals surface area contributed by atoms with Gasteiger partial charge in [-0.2, -0.15) is 0 Å². The van der Waals surface area contributed by atoms with Gasteiger partial charge in [0.15, 0.2) is 18.1 Å². The quantitative estimate of drug-likeness (QED) is 0.630. The summed E-state index contributed by atoms with van der Waals surface area (Å²) >= 11 is 0. The molecule has 1 aliphatic heterocycles. The third-order valence-electron chi connectivity index (χ3n) is 5.21. The number of carbonyl (C=O) groups is 2. The van der Waals surface area contributed by atoms with Gasteiger partial charge in [0.1, 0.15) is 5.82 Å². The summed E-state index contributed by atoms with van der Waals surface area (Å²) in [5, 5.41) is 0. The zero-order chi connectivity index (χ0) is 22.2. The highest BCUT2D eigenvalue weighted by Crippen LogP contribution is 2.29. The summed E-state index contributed by atoms with van der Waals surface area (Å²) < 4.78 is 29.2. The van der Waals surface area contributed by atoms with Gasteiger partial charge in [0.2, 0.25) is 0 Å². The molecular formula is C23H27FN2O5. The maximum Gasteiger partial charge on any atom is 0.343 e. The largest absolute Gasteiger partial charge is 0.493 e. The molecule has 0 atom stereocenters. The van der Waals surface area contributed by atoms with Crippen molar-refractivity contribution in [3.63, 3.8) is 0 Å². The van der Waals surface area contributed by atoms with Crippen LogP contribution >= 0.6 is 0 Å². The minimum absolute atomic E-state index is 0.106. The van der Waals surface area contributed by atoms with E-state index in [2.05, 4.69) is 9.64 Å². The Bertz CT molecular complexity index is 921. The van der Waals surface area contributed by atoms with Crippen LogP contribution in [0.25, 0.3) is 0 Å². The van der Waals surface area contributed by atoms with E-state index in [0.717, 1.165) is 13.0 Å². The predicted molar refractivity (Wildman–Crippen MR) is 113 cm³/mol. The van der Waals surface area contributed by atoms with Gasteiger partial charge >= 0.3 is 5.97 Å². The van der Waals surface area contributed by atoms with Crippen LogP contribution in [0, 0.1) is 5.82 Å². The van der Waals surface area contributed by atoms with Crippen LogP contribution in [0.3, 0.4) is 0 Å². The van der Waals surface area contributed by atoms with Crippen molar-refractivity contribution in [1.29, 1.82) is 0 Å². The fourth-order valence-electron chi connectivity index (χ4n) is 3.50. The third-order valence-corrected chi connectivity index (χ3v) is 5.21. The number of hydrogen-bond acceptors (Lipinski definition) is 6. The number of ether oxygens (including phenoxy) is 3. The lowest BCUT2D eigenvalue weighted by molar-refractivity contribution is -0.142. The molecule has 3 rings (SSSR count). The SMILES string of the molecule is COC(=O)COc1ccc(C(=O)N2CCCN(Cc3ccccc3F)CC2)cc1OC. The lowest BCUT2D eigenvalue weighted by Gasteiger charge is -2.22. The summed E-state index contributed by atoms with van der Waals surface area (Å²) in [5.41, 5.74) is 1.14. The lowest BCUT2D eigenvalue weighted by atomic mass is 10.1. The molecule has 0 saturated carbocycles. The van der Waals surface area contributed by atoms with E-state index in [1.165, 1.54) is 20.3 Å². The first kappa shape index (κ1) is 22.6. The predicted octanol–water partition coefficient (Wildman–Crippen LogP) is 2.73. The van der Waals surface area contributed by atoms with Crippen LogP contribution in [0.1, 0.15) is 22.3 Å². The smallest absolute Gasteiger partial charge is 0.343 e. The molecule has 0 N–H and O–H groups in total. The van der Waals surface area contributed by atoms with Crippen LogP contribution < -0.4 is 9.47 Å². The van der Waals surface area contributed by atoms with Gasteiger partial charge in [-0.25, -0.2) is 9.18 Å². The first-order valence-electron chi connectivity index (χ1n) is 10.1. The highest BCUT2D eigenvalue weighted by molar-refractivity contribution is 5.95. The van der Waals surface area contributed by atoms with E-state index in [9.17, 15) is 14.0 Å². The Labute approximate surface area is 181 Å². The number of carbonyl (C=O) groups excluding carboxylic acids is 2. The average molecular weight is 430 g/mol. The molecule has 2 aromatic carbocycles. The fraction of sp³-hybridized carbons (Fsp3) is 0.391. The first-order valence-corrected chi connectivity index (χ1v) is 10.1. The Morgan fingerprint density at radius 3 is 2.55 bits per heavy atom. The topological polar surface area (TPSA) is 68.3 Å². The van der Waals surface area contributed by atoms with Gasteiger partial charge in [0.05, 0.1) is 14.2 Å². The Hall–Kier alpha value is -3.13. The van der Waals surface area contributed by atoms with E-state index < -0.39 is 5.97 Å². The molecule has 8 heteroatoms. The van der Waals surface area contributed by atoms with Gasteiger partial charge in [-0.15, -0.1) is 0 Å². The van der Waals surface area contributed by atoms with Crippen molar-refractivity contribution in [3.05, 3.63) is 59.4 Å². The Balaban J connectivity index is 1.63. The van der Waals surface area contributed by atoms with Gasteiger partial charge in [-0.3, -0.25) is 9.69 Å². The van der Waals surface area contributed by atoms with Gasteiger partial charge < -0.3 is 19.1 Å². The lowest BCUT2D eigenvalue weighted by Crippen LogP contribution is -2.35. The van der Waals surface area contributed by atoms with Gasteiger partial charge in [0.25, 0.3) is 5.91 Å². The Morgan fingerprint density at radius 2 is 1.81 bits per heavy atom. The zero-order valence-corrected chi connectivity index (χ0v) is 17.8. The molecule has 31 heavy (non-hydrogen) atoms. The van der Waals surface area contributed by atoms with Crippen molar-refractivity contribution in [3.8, 4) is 11.5 Å². The second kappa shape index (κ2) is 10.8. The minimum Gasteiger partial charge on any atom is -0.493 e.